The van der Waals surface area contributed by atoms with Crippen molar-refractivity contribution in [3.05, 3.63) is 58.6 Å². The van der Waals surface area contributed by atoms with Crippen molar-refractivity contribution in [1.29, 1.82) is 0 Å². The Morgan fingerprint density at radius 2 is 2.05 bits per heavy atom. The number of aromatic nitrogens is 2. The topological polar surface area (TPSA) is 37.8 Å². The Labute approximate surface area is 118 Å². The Balaban J connectivity index is 1.99. The van der Waals surface area contributed by atoms with Crippen LogP contribution in [0.25, 0.3) is 0 Å². The minimum Gasteiger partial charge on any atom is -0.311 e. The number of hydrogen-bond acceptors (Lipinski definition) is 3. The maximum Gasteiger partial charge on any atom is 0.0765 e. The Morgan fingerprint density at radius 3 is 2.84 bits per heavy atom. The van der Waals surface area contributed by atoms with Crippen molar-refractivity contribution >= 4 is 11.6 Å². The molecule has 1 N–H and O–H groups in total. The molecule has 3 nitrogen and oxygen atoms in total. The van der Waals surface area contributed by atoms with Gasteiger partial charge in [0, 0.05) is 24.0 Å². The highest BCUT2D eigenvalue weighted by atomic mass is 35.5. The Kier molecular flexibility index (Phi) is 3.49. The maximum absolute atomic E-state index is 6.28. The van der Waals surface area contributed by atoms with Gasteiger partial charge < -0.3 is 5.32 Å². The molecule has 0 aromatic carbocycles. The first-order valence-electron chi connectivity index (χ1n) is 6.52. The summed E-state index contributed by atoms with van der Waals surface area (Å²) in [5, 5.41) is 4.07. The minimum atomic E-state index is 0.116. The van der Waals surface area contributed by atoms with Crippen LogP contribution in [0.1, 0.15) is 35.3 Å². The lowest BCUT2D eigenvalue weighted by atomic mass is 9.94. The standard InChI is InChI=1S/C15H16ClN3/c1-17-14(15-12(16)5-3-9-19-15)11-7-6-10-4-2-8-18-13(10)11/h2-5,8-9,11,14,17H,6-7H2,1H3. The number of aryl methyl sites for hydroxylation is 1. The minimum absolute atomic E-state index is 0.116. The van der Waals surface area contributed by atoms with Crippen molar-refractivity contribution in [1.82, 2.24) is 15.3 Å². The smallest absolute Gasteiger partial charge is 0.0765 e. The van der Waals surface area contributed by atoms with Gasteiger partial charge in [-0.25, -0.2) is 0 Å². The lowest BCUT2D eigenvalue weighted by Crippen LogP contribution is -2.24. The predicted molar refractivity (Wildman–Crippen MR) is 76.3 cm³/mol. The van der Waals surface area contributed by atoms with E-state index in [4.69, 9.17) is 11.6 Å². The Bertz CT molecular complexity index is 585. The van der Waals surface area contributed by atoms with Gasteiger partial charge in [-0.3, -0.25) is 9.97 Å². The van der Waals surface area contributed by atoms with Gasteiger partial charge in [-0.05, 0) is 43.7 Å². The van der Waals surface area contributed by atoms with Crippen LogP contribution in [0.4, 0.5) is 0 Å². The van der Waals surface area contributed by atoms with Gasteiger partial charge in [-0.2, -0.15) is 0 Å². The molecule has 19 heavy (non-hydrogen) atoms. The number of fused-ring (bicyclic) bond motifs is 1. The highest BCUT2D eigenvalue weighted by Gasteiger charge is 2.32. The first-order valence-corrected chi connectivity index (χ1v) is 6.90. The van der Waals surface area contributed by atoms with Crippen LogP contribution < -0.4 is 5.32 Å². The SMILES string of the molecule is CNC(c1ncccc1Cl)C1CCc2cccnc21. The van der Waals surface area contributed by atoms with E-state index in [1.54, 1.807) is 6.20 Å². The highest BCUT2D eigenvalue weighted by Crippen LogP contribution is 2.41. The second kappa shape index (κ2) is 5.27. The van der Waals surface area contributed by atoms with Gasteiger partial charge in [-0.1, -0.05) is 17.7 Å². The quantitative estimate of drug-likeness (QED) is 0.934. The van der Waals surface area contributed by atoms with E-state index in [9.17, 15) is 0 Å². The monoisotopic (exact) mass is 273 g/mol. The molecule has 1 aliphatic carbocycles. The van der Waals surface area contributed by atoms with Gasteiger partial charge >= 0.3 is 0 Å². The normalized spacial score (nSPS) is 19.2. The molecule has 0 aliphatic heterocycles. The summed E-state index contributed by atoms with van der Waals surface area (Å²) >= 11 is 6.28. The van der Waals surface area contributed by atoms with E-state index in [-0.39, 0.29) is 6.04 Å². The van der Waals surface area contributed by atoms with E-state index in [0.717, 1.165) is 18.5 Å². The molecule has 2 atom stereocenters. The molecule has 0 radical (unpaired) electrons. The van der Waals surface area contributed by atoms with Gasteiger partial charge in [0.1, 0.15) is 0 Å². The van der Waals surface area contributed by atoms with Crippen LogP contribution in [0, 0.1) is 0 Å². The van der Waals surface area contributed by atoms with Crippen LogP contribution in [0.3, 0.4) is 0 Å². The van der Waals surface area contributed by atoms with Gasteiger partial charge in [0.05, 0.1) is 16.8 Å². The van der Waals surface area contributed by atoms with E-state index in [1.807, 2.05) is 31.4 Å². The predicted octanol–water partition coefficient (Wildman–Crippen LogP) is 3.12. The number of rotatable bonds is 3. The molecule has 0 bridgehead atoms. The van der Waals surface area contributed by atoms with E-state index in [0.29, 0.717) is 10.9 Å². The van der Waals surface area contributed by atoms with Gasteiger partial charge in [0.25, 0.3) is 0 Å². The number of pyridine rings is 2. The number of nitrogens with one attached hydrogen (secondary N) is 1. The molecule has 0 amide bonds. The van der Waals surface area contributed by atoms with E-state index in [2.05, 4.69) is 21.4 Å². The van der Waals surface area contributed by atoms with E-state index < -0.39 is 0 Å². The van der Waals surface area contributed by atoms with Crippen LogP contribution in [-0.4, -0.2) is 17.0 Å². The van der Waals surface area contributed by atoms with Crippen LogP contribution in [0.5, 0.6) is 0 Å². The van der Waals surface area contributed by atoms with Gasteiger partial charge in [0.2, 0.25) is 0 Å². The van der Waals surface area contributed by atoms with E-state index in [1.165, 1.54) is 11.3 Å². The molecule has 0 saturated carbocycles. The number of hydrogen-bond donors (Lipinski definition) is 1. The first kappa shape index (κ1) is 12.6. The van der Waals surface area contributed by atoms with Gasteiger partial charge in [-0.15, -0.1) is 0 Å². The van der Waals surface area contributed by atoms with Crippen LogP contribution in [-0.2, 0) is 6.42 Å². The summed E-state index contributed by atoms with van der Waals surface area (Å²) in [4.78, 5) is 9.00. The van der Waals surface area contributed by atoms with Crippen molar-refractivity contribution in [2.45, 2.75) is 24.8 Å². The number of halogens is 1. The second-order valence-corrected chi connectivity index (χ2v) is 5.24. The first-order chi connectivity index (χ1) is 9.31. The molecule has 2 heterocycles. The molecule has 2 unspecified atom stereocenters. The molecular formula is C15H16ClN3. The van der Waals surface area contributed by atoms with E-state index >= 15 is 0 Å². The third-order valence-corrected chi connectivity index (χ3v) is 4.12. The summed E-state index contributed by atoms with van der Waals surface area (Å²) in [6.45, 7) is 0. The molecule has 3 rings (SSSR count). The van der Waals surface area contributed by atoms with Crippen molar-refractivity contribution in [3.63, 3.8) is 0 Å². The summed E-state index contributed by atoms with van der Waals surface area (Å²) in [5.41, 5.74) is 3.44. The molecular weight excluding hydrogens is 258 g/mol. The second-order valence-electron chi connectivity index (χ2n) is 4.83. The third kappa shape index (κ3) is 2.24. The summed E-state index contributed by atoms with van der Waals surface area (Å²) < 4.78 is 0. The molecule has 0 spiro atoms. The average molecular weight is 274 g/mol. The molecule has 0 saturated heterocycles. The molecule has 98 valence electrons. The third-order valence-electron chi connectivity index (χ3n) is 3.80. The summed E-state index contributed by atoms with van der Waals surface area (Å²) in [5.74, 6) is 0.341. The summed E-state index contributed by atoms with van der Waals surface area (Å²) in [6.07, 6.45) is 5.82. The lowest BCUT2D eigenvalue weighted by Gasteiger charge is -2.23. The zero-order valence-corrected chi connectivity index (χ0v) is 11.6. The van der Waals surface area contributed by atoms with Crippen molar-refractivity contribution < 1.29 is 0 Å². The van der Waals surface area contributed by atoms with Crippen LogP contribution in [0.15, 0.2) is 36.7 Å². The Hall–Kier alpha value is -1.45. The largest absolute Gasteiger partial charge is 0.311 e. The summed E-state index contributed by atoms with van der Waals surface area (Å²) in [6, 6.07) is 8.03. The number of likely N-dealkylation sites (N-methyl/N-ethyl adjacent to an activating group) is 1. The fourth-order valence-corrected chi connectivity index (χ4v) is 3.16. The van der Waals surface area contributed by atoms with Gasteiger partial charge in [0.15, 0.2) is 0 Å². The highest BCUT2D eigenvalue weighted by molar-refractivity contribution is 6.31. The van der Waals surface area contributed by atoms with Crippen molar-refractivity contribution in [2.75, 3.05) is 7.05 Å². The fraction of sp³-hybridized carbons (Fsp3) is 0.333. The Morgan fingerprint density at radius 1 is 1.26 bits per heavy atom. The zero-order chi connectivity index (χ0) is 13.2. The van der Waals surface area contributed by atoms with Crippen LogP contribution >= 0.6 is 11.6 Å². The van der Waals surface area contributed by atoms with Crippen molar-refractivity contribution in [2.24, 2.45) is 0 Å². The average Bonchev–Trinajstić information content (AvgIpc) is 2.86. The zero-order valence-electron chi connectivity index (χ0n) is 10.8. The summed E-state index contributed by atoms with van der Waals surface area (Å²) in [7, 11) is 1.95. The molecule has 0 fully saturated rings. The van der Waals surface area contributed by atoms with Crippen LogP contribution in [0.2, 0.25) is 5.02 Å². The number of nitrogens with zero attached hydrogens (tertiary/aromatic N) is 2. The molecule has 1 aliphatic rings. The van der Waals surface area contributed by atoms with Crippen molar-refractivity contribution in [3.8, 4) is 0 Å². The molecule has 2 aromatic heterocycles. The fourth-order valence-electron chi connectivity index (χ4n) is 2.92. The molecule has 4 heteroatoms. The lowest BCUT2D eigenvalue weighted by molar-refractivity contribution is 0.460. The molecule has 2 aromatic rings. The maximum atomic E-state index is 6.28.